The van der Waals surface area contributed by atoms with E-state index >= 15 is 0 Å². The van der Waals surface area contributed by atoms with Gasteiger partial charge in [0, 0.05) is 58.2 Å². The van der Waals surface area contributed by atoms with Crippen LogP contribution in [-0.2, 0) is 38.2 Å². The highest BCUT2D eigenvalue weighted by Gasteiger charge is 2.58. The van der Waals surface area contributed by atoms with Crippen LogP contribution in [0.5, 0.6) is 0 Å². The Balaban J connectivity index is 1.35. The summed E-state index contributed by atoms with van der Waals surface area (Å²) >= 11 is 0. The van der Waals surface area contributed by atoms with Crippen LogP contribution in [0.1, 0.15) is 42.5 Å². The summed E-state index contributed by atoms with van der Waals surface area (Å²) in [5.74, 6) is 0.745. The molecule has 0 bridgehead atoms. The Kier molecular flexibility index (Phi) is 6.54. The number of alkyl halides is 3. The second-order valence-electron chi connectivity index (χ2n) is 10.6. The third kappa shape index (κ3) is 4.55. The number of aromatic nitrogens is 1. The van der Waals surface area contributed by atoms with Gasteiger partial charge in [-0.1, -0.05) is 0 Å². The predicted octanol–water partition coefficient (Wildman–Crippen LogP) is 2.91. The van der Waals surface area contributed by atoms with Crippen LogP contribution in [0, 0.1) is 23.2 Å². The largest absolute Gasteiger partial charge is 0.417 e. The second kappa shape index (κ2) is 9.35. The highest BCUT2D eigenvalue weighted by Crippen LogP contribution is 2.54. The molecule has 4 heterocycles. The van der Waals surface area contributed by atoms with Crippen LogP contribution in [0.3, 0.4) is 0 Å². The molecule has 1 aromatic rings. The van der Waals surface area contributed by atoms with Gasteiger partial charge in [0.15, 0.2) is 0 Å². The van der Waals surface area contributed by atoms with Crippen LogP contribution < -0.4 is 0 Å². The van der Waals surface area contributed by atoms with E-state index in [2.05, 4.69) is 4.98 Å². The number of carbonyl (C=O) groups is 2. The second-order valence-corrected chi connectivity index (χ2v) is 10.6. The van der Waals surface area contributed by atoms with Gasteiger partial charge in [0.25, 0.3) is 0 Å². The Morgan fingerprint density at radius 1 is 1.40 bits per heavy atom. The molecule has 0 spiro atoms. The van der Waals surface area contributed by atoms with Crippen molar-refractivity contribution >= 4 is 12.3 Å². The molecule has 7 nitrogen and oxygen atoms in total. The molecule has 3 aliphatic heterocycles. The van der Waals surface area contributed by atoms with Gasteiger partial charge in [0.1, 0.15) is 0 Å². The molecule has 2 saturated heterocycles. The lowest BCUT2D eigenvalue weighted by Gasteiger charge is -2.37. The Morgan fingerprint density at radius 3 is 2.97 bits per heavy atom. The summed E-state index contributed by atoms with van der Waals surface area (Å²) in [6.07, 6.45) is 1.13. The molecule has 2 amide bonds. The number of carbonyl (C=O) groups excluding carboxylic acids is 2. The van der Waals surface area contributed by atoms with E-state index in [9.17, 15) is 22.8 Å². The van der Waals surface area contributed by atoms with Crippen LogP contribution in [0.4, 0.5) is 13.2 Å². The SMILES string of the molecule is COC1COCCC1C[C@@H]1C[C@H]2CN(C=O)C[C@@]2(C(=O)N2CCc3ncc(C(F)(F)F)cc3C2)C1. The zero-order valence-electron chi connectivity index (χ0n) is 19.9. The third-order valence-corrected chi connectivity index (χ3v) is 8.60. The summed E-state index contributed by atoms with van der Waals surface area (Å²) in [4.78, 5) is 33.0. The monoisotopic (exact) mass is 495 g/mol. The maximum absolute atomic E-state index is 14.0. The first-order valence-electron chi connectivity index (χ1n) is 12.4. The summed E-state index contributed by atoms with van der Waals surface area (Å²) in [6, 6.07) is 1.12. The van der Waals surface area contributed by atoms with Gasteiger partial charge in [-0.25, -0.2) is 0 Å². The van der Waals surface area contributed by atoms with Crippen molar-refractivity contribution in [2.75, 3.05) is 40.0 Å². The number of fused-ring (bicyclic) bond motifs is 2. The van der Waals surface area contributed by atoms with Crippen molar-refractivity contribution in [1.82, 2.24) is 14.8 Å². The molecule has 35 heavy (non-hydrogen) atoms. The quantitative estimate of drug-likeness (QED) is 0.588. The molecule has 0 radical (unpaired) electrons. The minimum absolute atomic E-state index is 0.0346. The van der Waals surface area contributed by atoms with Crippen molar-refractivity contribution in [2.24, 2.45) is 23.2 Å². The molecule has 10 heteroatoms. The van der Waals surface area contributed by atoms with E-state index in [1.54, 1.807) is 16.9 Å². The molecule has 0 N–H and O–H groups in total. The van der Waals surface area contributed by atoms with Crippen molar-refractivity contribution in [3.05, 3.63) is 29.1 Å². The van der Waals surface area contributed by atoms with E-state index in [0.717, 1.165) is 37.9 Å². The van der Waals surface area contributed by atoms with Gasteiger partial charge >= 0.3 is 6.18 Å². The molecular formula is C25H32F3N3O4. The number of rotatable bonds is 5. The van der Waals surface area contributed by atoms with Gasteiger partial charge in [-0.3, -0.25) is 14.6 Å². The molecule has 0 aromatic carbocycles. The lowest BCUT2D eigenvalue weighted by molar-refractivity contribution is -0.144. The van der Waals surface area contributed by atoms with Gasteiger partial charge in [-0.05, 0) is 55.1 Å². The number of halogens is 3. The number of ether oxygens (including phenoxy) is 2. The fourth-order valence-electron chi connectivity index (χ4n) is 6.92. The van der Waals surface area contributed by atoms with E-state index < -0.39 is 17.2 Å². The minimum Gasteiger partial charge on any atom is -0.379 e. The van der Waals surface area contributed by atoms with E-state index in [0.29, 0.717) is 68.8 Å². The van der Waals surface area contributed by atoms with Gasteiger partial charge in [-0.2, -0.15) is 13.2 Å². The summed E-state index contributed by atoms with van der Waals surface area (Å²) in [5.41, 5.74) is -0.394. The zero-order valence-corrected chi connectivity index (χ0v) is 19.9. The number of amides is 2. The van der Waals surface area contributed by atoms with Crippen LogP contribution in [0.2, 0.25) is 0 Å². The normalized spacial score (nSPS) is 32.9. The first-order valence-corrected chi connectivity index (χ1v) is 12.4. The van der Waals surface area contributed by atoms with Gasteiger partial charge in [0.2, 0.25) is 12.3 Å². The maximum atomic E-state index is 14.0. The van der Waals surface area contributed by atoms with E-state index in [4.69, 9.17) is 9.47 Å². The molecular weight excluding hydrogens is 463 g/mol. The van der Waals surface area contributed by atoms with Crippen molar-refractivity contribution in [3.63, 3.8) is 0 Å². The third-order valence-electron chi connectivity index (χ3n) is 8.60. The standard InChI is InChI=1S/C25H32F3N3O4/c1-34-22-13-35-5-3-17(22)6-16-7-20-12-30(15-32)14-24(20,9-16)23(33)31-4-2-21-18(11-31)8-19(10-29-21)25(26,27)28/h8,10,15-17,20,22H,2-7,9,11-14H2,1H3/t16-,17?,20+,22?,24+/m1/s1. The number of pyridine rings is 1. The Labute approximate surface area is 202 Å². The Hall–Kier alpha value is -2.20. The van der Waals surface area contributed by atoms with E-state index in [-0.39, 0.29) is 24.5 Å². The first-order chi connectivity index (χ1) is 16.7. The zero-order chi connectivity index (χ0) is 24.8. The van der Waals surface area contributed by atoms with Crippen molar-refractivity contribution in [3.8, 4) is 0 Å². The van der Waals surface area contributed by atoms with Crippen LogP contribution >= 0.6 is 0 Å². The summed E-state index contributed by atoms with van der Waals surface area (Å²) in [6.45, 7) is 2.78. The first kappa shape index (κ1) is 24.5. The average molecular weight is 496 g/mol. The van der Waals surface area contributed by atoms with Crippen LogP contribution in [0.15, 0.2) is 12.3 Å². The van der Waals surface area contributed by atoms with E-state index in [1.165, 1.54) is 0 Å². The topological polar surface area (TPSA) is 72.0 Å². The molecule has 192 valence electrons. The van der Waals surface area contributed by atoms with Crippen molar-refractivity contribution in [2.45, 2.75) is 50.9 Å². The highest BCUT2D eigenvalue weighted by molar-refractivity contribution is 5.85. The van der Waals surface area contributed by atoms with Crippen molar-refractivity contribution < 1.29 is 32.2 Å². The number of methoxy groups -OCH3 is 1. The van der Waals surface area contributed by atoms with Gasteiger partial charge in [-0.15, -0.1) is 0 Å². The number of likely N-dealkylation sites (tertiary alicyclic amines) is 1. The molecule has 1 aromatic heterocycles. The molecule has 5 atom stereocenters. The lowest BCUT2D eigenvalue weighted by Crippen LogP contribution is -2.48. The molecule has 2 unspecified atom stereocenters. The molecule has 4 aliphatic rings. The Bertz CT molecular complexity index is 974. The summed E-state index contributed by atoms with van der Waals surface area (Å²) < 4.78 is 50.9. The smallest absolute Gasteiger partial charge is 0.379 e. The summed E-state index contributed by atoms with van der Waals surface area (Å²) in [7, 11) is 1.70. The van der Waals surface area contributed by atoms with Gasteiger partial charge in [0.05, 0.1) is 23.7 Å². The number of nitrogens with zero attached hydrogens (tertiary/aromatic N) is 3. The Morgan fingerprint density at radius 2 is 2.23 bits per heavy atom. The molecule has 1 aliphatic carbocycles. The predicted molar refractivity (Wildman–Crippen MR) is 119 cm³/mol. The summed E-state index contributed by atoms with van der Waals surface area (Å²) in [5, 5.41) is 0. The molecule has 1 saturated carbocycles. The molecule has 3 fully saturated rings. The number of hydrogen-bond acceptors (Lipinski definition) is 5. The average Bonchev–Trinajstić information content (AvgIpc) is 3.37. The maximum Gasteiger partial charge on any atom is 0.417 e. The van der Waals surface area contributed by atoms with E-state index in [1.807, 2.05) is 0 Å². The minimum atomic E-state index is -4.48. The fraction of sp³-hybridized carbons (Fsp3) is 0.720. The fourth-order valence-corrected chi connectivity index (χ4v) is 6.92. The van der Waals surface area contributed by atoms with Gasteiger partial charge < -0.3 is 19.3 Å². The van der Waals surface area contributed by atoms with Crippen molar-refractivity contribution in [1.29, 1.82) is 0 Å². The van der Waals surface area contributed by atoms with Crippen LogP contribution in [-0.4, -0.2) is 73.2 Å². The molecule has 5 rings (SSSR count). The highest BCUT2D eigenvalue weighted by atomic mass is 19.4. The lowest BCUT2D eigenvalue weighted by atomic mass is 9.78. The number of hydrogen-bond donors (Lipinski definition) is 0. The van der Waals surface area contributed by atoms with Crippen LogP contribution in [0.25, 0.3) is 0 Å².